The van der Waals surface area contributed by atoms with Gasteiger partial charge >= 0.3 is 0 Å². The van der Waals surface area contributed by atoms with E-state index in [4.69, 9.17) is 11.6 Å². The molecular weight excluding hydrogens is 230 g/mol. The first-order valence-corrected chi connectivity index (χ1v) is 4.14. The molecule has 0 spiro atoms. The van der Waals surface area contributed by atoms with Crippen LogP contribution in [-0.4, -0.2) is 0 Å². The van der Waals surface area contributed by atoms with Gasteiger partial charge < -0.3 is 0 Å². The summed E-state index contributed by atoms with van der Waals surface area (Å²) in [5.74, 6) is 0. The highest BCUT2D eigenvalue weighted by molar-refractivity contribution is 9.10. The molecule has 0 fully saturated rings. The zero-order chi connectivity index (χ0) is 8.27. The van der Waals surface area contributed by atoms with Gasteiger partial charge in [0.1, 0.15) is 0 Å². The van der Waals surface area contributed by atoms with Gasteiger partial charge in [-0.3, -0.25) is 0 Å². The lowest BCUT2D eigenvalue weighted by molar-refractivity contribution is 0.702. The summed E-state index contributed by atoms with van der Waals surface area (Å²) in [5.41, 5.74) is 0.736. The highest BCUT2D eigenvalue weighted by Crippen LogP contribution is 2.20. The fraction of sp³-hybridized carbons (Fsp3) is 0. The Balaban J connectivity index is 3.04. The maximum absolute atomic E-state index is 12.2. The van der Waals surface area contributed by atoms with Crippen molar-refractivity contribution in [1.82, 2.24) is 0 Å². The molecule has 0 aliphatic carbocycles. The molecule has 11 heavy (non-hydrogen) atoms. The quantitative estimate of drug-likeness (QED) is 0.691. The Morgan fingerprint density at radius 2 is 2.09 bits per heavy atom. The van der Waals surface area contributed by atoms with Crippen molar-refractivity contribution in [3.63, 3.8) is 0 Å². The highest BCUT2D eigenvalue weighted by Gasteiger charge is 1.94. The van der Waals surface area contributed by atoms with Gasteiger partial charge in [-0.25, -0.2) is 0 Å². The van der Waals surface area contributed by atoms with Gasteiger partial charge in [0.25, 0.3) is 0 Å². The Bertz CT molecular complexity index is 279. The molecule has 0 unspecified atom stereocenters. The fourth-order valence-electron chi connectivity index (χ4n) is 0.710. The summed E-state index contributed by atoms with van der Waals surface area (Å²) in [6.45, 7) is 0. The van der Waals surface area contributed by atoms with E-state index in [2.05, 4.69) is 15.9 Å². The van der Waals surface area contributed by atoms with Gasteiger partial charge in [0, 0.05) is 4.47 Å². The standard InChI is InChI=1S/C8H5BrClF/c9-7-4-2-1-3-6(7)5-8(10)11/h1-5H/b8-5-. The van der Waals surface area contributed by atoms with Crippen molar-refractivity contribution in [2.75, 3.05) is 0 Å². The molecule has 0 aromatic heterocycles. The normalized spacial score (nSPS) is 11.7. The topological polar surface area (TPSA) is 0 Å². The van der Waals surface area contributed by atoms with Crippen LogP contribution >= 0.6 is 27.5 Å². The van der Waals surface area contributed by atoms with E-state index in [0.717, 1.165) is 10.0 Å². The molecule has 58 valence electrons. The summed E-state index contributed by atoms with van der Waals surface area (Å²) in [5, 5.41) is -0.711. The van der Waals surface area contributed by atoms with E-state index in [1.54, 1.807) is 6.07 Å². The largest absolute Gasteiger partial charge is 0.194 e. The third-order valence-electron chi connectivity index (χ3n) is 1.17. The summed E-state index contributed by atoms with van der Waals surface area (Å²) in [4.78, 5) is 0. The molecule has 0 N–H and O–H groups in total. The Morgan fingerprint density at radius 3 is 2.64 bits per heavy atom. The van der Waals surface area contributed by atoms with Gasteiger partial charge in [0.05, 0.1) is 0 Å². The van der Waals surface area contributed by atoms with Crippen molar-refractivity contribution in [3.05, 3.63) is 39.6 Å². The van der Waals surface area contributed by atoms with Crippen LogP contribution in [0, 0.1) is 0 Å². The first kappa shape index (κ1) is 8.75. The van der Waals surface area contributed by atoms with Gasteiger partial charge in [0.2, 0.25) is 0 Å². The monoisotopic (exact) mass is 234 g/mol. The number of halogens is 3. The number of hydrogen-bond donors (Lipinski definition) is 0. The molecule has 1 rings (SSSR count). The first-order valence-electron chi connectivity index (χ1n) is 2.97. The van der Waals surface area contributed by atoms with Crippen molar-refractivity contribution in [2.24, 2.45) is 0 Å². The lowest BCUT2D eigenvalue weighted by atomic mass is 10.2. The van der Waals surface area contributed by atoms with Crippen LogP contribution in [-0.2, 0) is 0 Å². The van der Waals surface area contributed by atoms with Crippen molar-refractivity contribution in [3.8, 4) is 0 Å². The molecule has 0 radical (unpaired) electrons. The third-order valence-corrected chi connectivity index (χ3v) is 2.00. The van der Waals surface area contributed by atoms with E-state index in [9.17, 15) is 4.39 Å². The van der Waals surface area contributed by atoms with Gasteiger partial charge in [-0.2, -0.15) is 4.39 Å². The molecule has 0 amide bonds. The molecule has 3 heteroatoms. The predicted octanol–water partition coefficient (Wildman–Crippen LogP) is 3.96. The fourth-order valence-corrected chi connectivity index (χ4v) is 1.23. The lowest BCUT2D eigenvalue weighted by Gasteiger charge is -1.94. The predicted molar refractivity (Wildman–Crippen MR) is 49.1 cm³/mol. The lowest BCUT2D eigenvalue weighted by Crippen LogP contribution is -1.72. The molecular formula is C8H5BrClF. The summed E-state index contributed by atoms with van der Waals surface area (Å²) in [6, 6.07) is 7.27. The second-order valence-corrected chi connectivity index (χ2v) is 3.17. The Kier molecular flexibility index (Phi) is 3.09. The van der Waals surface area contributed by atoms with Crippen LogP contribution in [0.1, 0.15) is 5.56 Å². The average molecular weight is 235 g/mol. The molecule has 0 heterocycles. The highest BCUT2D eigenvalue weighted by atomic mass is 79.9. The molecule has 0 aliphatic rings. The summed E-state index contributed by atoms with van der Waals surface area (Å²) >= 11 is 8.31. The van der Waals surface area contributed by atoms with E-state index in [1.165, 1.54) is 6.08 Å². The zero-order valence-electron chi connectivity index (χ0n) is 5.52. The number of hydrogen-bond acceptors (Lipinski definition) is 0. The van der Waals surface area contributed by atoms with E-state index in [-0.39, 0.29) is 0 Å². The van der Waals surface area contributed by atoms with Crippen molar-refractivity contribution in [2.45, 2.75) is 0 Å². The number of rotatable bonds is 1. The Labute approximate surface area is 77.8 Å². The smallest absolute Gasteiger partial charge is 0.189 e. The Hall–Kier alpha value is -0.340. The van der Waals surface area contributed by atoms with Crippen LogP contribution in [0.25, 0.3) is 6.08 Å². The molecule has 0 bridgehead atoms. The molecule has 1 aromatic carbocycles. The minimum Gasteiger partial charge on any atom is -0.194 e. The van der Waals surface area contributed by atoms with Crippen LogP contribution < -0.4 is 0 Å². The summed E-state index contributed by atoms with van der Waals surface area (Å²) < 4.78 is 13.0. The van der Waals surface area contributed by atoms with Crippen LogP contribution in [0.2, 0.25) is 0 Å². The minimum absolute atomic E-state index is 0.711. The van der Waals surface area contributed by atoms with Crippen LogP contribution in [0.4, 0.5) is 4.39 Å². The second-order valence-electron chi connectivity index (χ2n) is 1.96. The van der Waals surface area contributed by atoms with Gasteiger partial charge in [-0.05, 0) is 17.7 Å². The van der Waals surface area contributed by atoms with E-state index in [0.29, 0.717) is 0 Å². The summed E-state index contributed by atoms with van der Waals surface area (Å²) in [6.07, 6.45) is 1.26. The van der Waals surface area contributed by atoms with Crippen LogP contribution in [0.15, 0.2) is 34.0 Å². The second kappa shape index (κ2) is 3.88. The Morgan fingerprint density at radius 1 is 1.45 bits per heavy atom. The van der Waals surface area contributed by atoms with E-state index in [1.807, 2.05) is 18.2 Å². The maximum Gasteiger partial charge on any atom is 0.189 e. The molecule has 0 saturated heterocycles. The van der Waals surface area contributed by atoms with E-state index < -0.39 is 5.29 Å². The van der Waals surface area contributed by atoms with Crippen molar-refractivity contribution >= 4 is 33.6 Å². The SMILES string of the molecule is F/C(Cl)=C\c1ccccc1Br. The molecule has 1 aromatic rings. The number of benzene rings is 1. The van der Waals surface area contributed by atoms with Crippen LogP contribution in [0.3, 0.4) is 0 Å². The molecule has 0 atom stereocenters. The van der Waals surface area contributed by atoms with Gasteiger partial charge in [0.15, 0.2) is 5.29 Å². The average Bonchev–Trinajstić information content (AvgIpc) is 1.93. The minimum atomic E-state index is -0.711. The van der Waals surface area contributed by atoms with Gasteiger partial charge in [-0.15, -0.1) is 0 Å². The molecule has 0 nitrogen and oxygen atoms in total. The van der Waals surface area contributed by atoms with Gasteiger partial charge in [-0.1, -0.05) is 45.7 Å². The van der Waals surface area contributed by atoms with Crippen molar-refractivity contribution in [1.29, 1.82) is 0 Å². The van der Waals surface area contributed by atoms with E-state index >= 15 is 0 Å². The van der Waals surface area contributed by atoms with Crippen LogP contribution in [0.5, 0.6) is 0 Å². The third kappa shape index (κ3) is 2.64. The summed E-state index contributed by atoms with van der Waals surface area (Å²) in [7, 11) is 0. The molecule has 0 saturated carbocycles. The zero-order valence-corrected chi connectivity index (χ0v) is 7.86. The first-order chi connectivity index (χ1) is 5.20. The molecule has 0 aliphatic heterocycles. The maximum atomic E-state index is 12.2. The van der Waals surface area contributed by atoms with Crippen molar-refractivity contribution < 1.29 is 4.39 Å².